The van der Waals surface area contributed by atoms with Crippen LogP contribution in [0.3, 0.4) is 0 Å². The van der Waals surface area contributed by atoms with E-state index in [1.165, 1.54) is 7.11 Å². The first kappa shape index (κ1) is 19.1. The zero-order valence-electron chi connectivity index (χ0n) is 15.1. The summed E-state index contributed by atoms with van der Waals surface area (Å²) >= 11 is 1.58. The first-order valence-corrected chi connectivity index (χ1v) is 9.74. The van der Waals surface area contributed by atoms with E-state index in [9.17, 15) is 14.4 Å². The van der Waals surface area contributed by atoms with Crippen LogP contribution in [0.1, 0.15) is 28.1 Å². The predicted octanol–water partition coefficient (Wildman–Crippen LogP) is 2.95. The van der Waals surface area contributed by atoms with E-state index in [2.05, 4.69) is 5.32 Å². The van der Waals surface area contributed by atoms with Crippen LogP contribution < -0.4 is 5.32 Å². The van der Waals surface area contributed by atoms with Crippen molar-refractivity contribution in [2.24, 2.45) is 5.92 Å². The van der Waals surface area contributed by atoms with Crippen LogP contribution in [0.25, 0.3) is 0 Å². The van der Waals surface area contributed by atoms with Gasteiger partial charge in [0.2, 0.25) is 11.8 Å². The largest absolute Gasteiger partial charge is 0.465 e. The average molecular weight is 386 g/mol. The second kappa shape index (κ2) is 8.81. The second-order valence-electron chi connectivity index (χ2n) is 6.47. The Morgan fingerprint density at radius 3 is 2.63 bits per heavy atom. The van der Waals surface area contributed by atoms with Gasteiger partial charge in [0.15, 0.2) is 0 Å². The van der Waals surface area contributed by atoms with Crippen molar-refractivity contribution in [1.29, 1.82) is 0 Å². The number of amides is 2. The number of piperidine rings is 1. The van der Waals surface area contributed by atoms with Crippen molar-refractivity contribution in [2.45, 2.75) is 19.3 Å². The van der Waals surface area contributed by atoms with Crippen LogP contribution in [-0.4, -0.2) is 42.9 Å². The molecular weight excluding hydrogens is 364 g/mol. The molecule has 27 heavy (non-hydrogen) atoms. The minimum atomic E-state index is -0.441. The minimum Gasteiger partial charge on any atom is -0.465 e. The van der Waals surface area contributed by atoms with Crippen LogP contribution >= 0.6 is 11.3 Å². The third kappa shape index (κ3) is 4.95. The van der Waals surface area contributed by atoms with Gasteiger partial charge in [-0.3, -0.25) is 9.59 Å². The Balaban J connectivity index is 1.51. The molecule has 1 fully saturated rings. The third-order valence-corrected chi connectivity index (χ3v) is 5.55. The Morgan fingerprint density at radius 1 is 1.19 bits per heavy atom. The molecule has 1 aliphatic rings. The van der Waals surface area contributed by atoms with Gasteiger partial charge in [-0.1, -0.05) is 12.1 Å². The van der Waals surface area contributed by atoms with Gasteiger partial charge < -0.3 is 15.0 Å². The number of hydrogen-bond donors (Lipinski definition) is 1. The van der Waals surface area contributed by atoms with Crippen molar-refractivity contribution in [3.8, 4) is 0 Å². The van der Waals surface area contributed by atoms with Crippen LogP contribution in [0, 0.1) is 5.92 Å². The van der Waals surface area contributed by atoms with Crippen LogP contribution in [0.15, 0.2) is 41.8 Å². The number of rotatable bonds is 5. The molecule has 6 nitrogen and oxygen atoms in total. The van der Waals surface area contributed by atoms with Crippen LogP contribution in [0.4, 0.5) is 5.69 Å². The number of carbonyl (C=O) groups excluding carboxylic acids is 3. The molecule has 2 heterocycles. The molecule has 3 rings (SSSR count). The van der Waals surface area contributed by atoms with E-state index in [1.54, 1.807) is 35.6 Å². The van der Waals surface area contributed by atoms with Gasteiger partial charge in [0.25, 0.3) is 0 Å². The maximum Gasteiger partial charge on any atom is 0.337 e. The Bertz CT molecular complexity index is 811. The van der Waals surface area contributed by atoms with E-state index in [0.717, 1.165) is 4.88 Å². The van der Waals surface area contributed by atoms with Gasteiger partial charge >= 0.3 is 5.97 Å². The monoisotopic (exact) mass is 386 g/mol. The lowest BCUT2D eigenvalue weighted by molar-refractivity contribution is -0.133. The Kier molecular flexibility index (Phi) is 6.24. The zero-order valence-corrected chi connectivity index (χ0v) is 16.0. The smallest absolute Gasteiger partial charge is 0.337 e. The Morgan fingerprint density at radius 2 is 1.96 bits per heavy atom. The van der Waals surface area contributed by atoms with Crippen molar-refractivity contribution < 1.29 is 19.1 Å². The number of carbonyl (C=O) groups is 3. The SMILES string of the molecule is COC(=O)c1cccc(NC(=O)C2CCN(C(=O)Cc3cccs3)CC2)c1. The molecular formula is C20H22N2O4S. The number of likely N-dealkylation sites (tertiary alicyclic amines) is 1. The van der Waals surface area contributed by atoms with Crippen LogP contribution in [0.2, 0.25) is 0 Å². The van der Waals surface area contributed by atoms with E-state index < -0.39 is 5.97 Å². The topological polar surface area (TPSA) is 75.7 Å². The van der Waals surface area contributed by atoms with Crippen molar-refractivity contribution in [2.75, 3.05) is 25.5 Å². The summed E-state index contributed by atoms with van der Waals surface area (Å²) in [5.74, 6) is -0.550. The summed E-state index contributed by atoms with van der Waals surface area (Å²) in [6.45, 7) is 1.18. The molecule has 7 heteroatoms. The van der Waals surface area contributed by atoms with E-state index in [0.29, 0.717) is 43.6 Å². The number of anilines is 1. The van der Waals surface area contributed by atoms with Gasteiger partial charge in [0.1, 0.15) is 0 Å². The standard InChI is InChI=1S/C20H22N2O4S/c1-26-20(25)15-4-2-5-16(12-15)21-19(24)14-7-9-22(10-8-14)18(23)13-17-6-3-11-27-17/h2-6,11-12,14H,7-10,13H2,1H3,(H,21,24). The Labute approximate surface area is 162 Å². The molecule has 1 aliphatic heterocycles. The fourth-order valence-electron chi connectivity index (χ4n) is 3.15. The summed E-state index contributed by atoms with van der Waals surface area (Å²) in [7, 11) is 1.32. The molecule has 2 amide bonds. The molecule has 1 N–H and O–H groups in total. The van der Waals surface area contributed by atoms with Crippen LogP contribution in [-0.2, 0) is 20.7 Å². The number of ether oxygens (including phenoxy) is 1. The maximum atomic E-state index is 12.5. The van der Waals surface area contributed by atoms with Crippen molar-refractivity contribution >= 4 is 34.8 Å². The van der Waals surface area contributed by atoms with E-state index in [1.807, 2.05) is 22.4 Å². The summed E-state index contributed by atoms with van der Waals surface area (Å²) < 4.78 is 4.70. The number of thiophene rings is 1. The molecule has 142 valence electrons. The first-order valence-electron chi connectivity index (χ1n) is 8.86. The van der Waals surface area contributed by atoms with Gasteiger partial charge in [-0.25, -0.2) is 4.79 Å². The molecule has 1 aromatic carbocycles. The molecule has 0 radical (unpaired) electrons. The van der Waals surface area contributed by atoms with Gasteiger partial charge in [-0.2, -0.15) is 0 Å². The molecule has 1 saturated heterocycles. The molecule has 0 atom stereocenters. The number of benzene rings is 1. The highest BCUT2D eigenvalue weighted by Crippen LogP contribution is 2.21. The zero-order chi connectivity index (χ0) is 19.2. The van der Waals surface area contributed by atoms with E-state index in [4.69, 9.17) is 4.74 Å². The molecule has 0 spiro atoms. The second-order valence-corrected chi connectivity index (χ2v) is 7.51. The van der Waals surface area contributed by atoms with Gasteiger partial charge in [-0.15, -0.1) is 11.3 Å². The summed E-state index contributed by atoms with van der Waals surface area (Å²) in [4.78, 5) is 39.4. The minimum absolute atomic E-state index is 0.0811. The highest BCUT2D eigenvalue weighted by molar-refractivity contribution is 7.10. The number of nitrogens with one attached hydrogen (secondary N) is 1. The summed E-state index contributed by atoms with van der Waals surface area (Å²) in [6.07, 6.45) is 1.70. The van der Waals surface area contributed by atoms with E-state index >= 15 is 0 Å². The number of methoxy groups -OCH3 is 1. The predicted molar refractivity (Wildman–Crippen MR) is 104 cm³/mol. The number of hydrogen-bond acceptors (Lipinski definition) is 5. The van der Waals surface area contributed by atoms with Gasteiger partial charge in [-0.05, 0) is 42.5 Å². The normalized spacial score (nSPS) is 14.6. The van der Waals surface area contributed by atoms with Crippen molar-refractivity contribution in [3.63, 3.8) is 0 Å². The lowest BCUT2D eigenvalue weighted by Gasteiger charge is -2.31. The summed E-state index contributed by atoms with van der Waals surface area (Å²) in [5, 5.41) is 4.83. The lowest BCUT2D eigenvalue weighted by Crippen LogP contribution is -2.42. The average Bonchev–Trinajstić information content (AvgIpc) is 3.20. The quantitative estimate of drug-likeness (QED) is 0.802. The van der Waals surface area contributed by atoms with Gasteiger partial charge in [0, 0.05) is 29.6 Å². The fraction of sp³-hybridized carbons (Fsp3) is 0.350. The molecule has 1 aromatic heterocycles. The lowest BCUT2D eigenvalue weighted by atomic mass is 9.95. The highest BCUT2D eigenvalue weighted by atomic mass is 32.1. The first-order chi connectivity index (χ1) is 13.1. The number of nitrogens with zero attached hydrogens (tertiary/aromatic N) is 1. The maximum absolute atomic E-state index is 12.5. The molecule has 0 aliphatic carbocycles. The third-order valence-electron chi connectivity index (χ3n) is 4.68. The van der Waals surface area contributed by atoms with Crippen molar-refractivity contribution in [3.05, 3.63) is 52.2 Å². The molecule has 2 aromatic rings. The van der Waals surface area contributed by atoms with E-state index in [-0.39, 0.29) is 17.7 Å². The van der Waals surface area contributed by atoms with Gasteiger partial charge in [0.05, 0.1) is 19.1 Å². The molecule has 0 unspecified atom stereocenters. The Hall–Kier alpha value is -2.67. The molecule has 0 bridgehead atoms. The van der Waals surface area contributed by atoms with Crippen molar-refractivity contribution in [1.82, 2.24) is 4.90 Å². The highest BCUT2D eigenvalue weighted by Gasteiger charge is 2.27. The fourth-order valence-corrected chi connectivity index (χ4v) is 3.85. The molecule has 0 saturated carbocycles. The summed E-state index contributed by atoms with van der Waals surface area (Å²) in [6, 6.07) is 10.6. The summed E-state index contributed by atoms with van der Waals surface area (Å²) in [5.41, 5.74) is 0.961. The number of esters is 1. The van der Waals surface area contributed by atoms with Crippen LogP contribution in [0.5, 0.6) is 0 Å².